The lowest BCUT2D eigenvalue weighted by atomic mass is 9.98. The molecule has 0 unspecified atom stereocenters. The Morgan fingerprint density at radius 1 is 1.06 bits per heavy atom. The van der Waals surface area contributed by atoms with Crippen LogP contribution in [-0.4, -0.2) is 49.1 Å². The van der Waals surface area contributed by atoms with Crippen LogP contribution in [0.15, 0.2) is 60.7 Å². The number of pyridine rings is 1. The van der Waals surface area contributed by atoms with Crippen molar-refractivity contribution in [1.29, 1.82) is 0 Å². The number of hydrogen-bond donors (Lipinski definition) is 1. The van der Waals surface area contributed by atoms with Crippen molar-refractivity contribution in [3.63, 3.8) is 0 Å². The van der Waals surface area contributed by atoms with Gasteiger partial charge in [-0.15, -0.1) is 0 Å². The lowest BCUT2D eigenvalue weighted by Gasteiger charge is -2.28. The number of piperidine rings is 1. The largest absolute Gasteiger partial charge is 0.494 e. The molecule has 6 heteroatoms. The fourth-order valence-electron chi connectivity index (χ4n) is 4.48. The summed E-state index contributed by atoms with van der Waals surface area (Å²) in [7, 11) is 2.16. The van der Waals surface area contributed by atoms with Gasteiger partial charge in [0.1, 0.15) is 5.75 Å². The Kier molecular flexibility index (Phi) is 8.95. The van der Waals surface area contributed by atoms with Crippen LogP contribution < -0.4 is 14.8 Å². The van der Waals surface area contributed by atoms with Crippen LogP contribution in [0.5, 0.6) is 11.6 Å². The molecule has 1 amide bonds. The van der Waals surface area contributed by atoms with Gasteiger partial charge in [0.05, 0.1) is 25.3 Å². The van der Waals surface area contributed by atoms with Crippen LogP contribution in [-0.2, 0) is 17.8 Å². The predicted molar refractivity (Wildman–Crippen MR) is 143 cm³/mol. The molecule has 3 aromatic rings. The maximum atomic E-state index is 12.7. The second-order valence-corrected chi connectivity index (χ2v) is 9.61. The van der Waals surface area contributed by atoms with Crippen molar-refractivity contribution >= 4 is 5.91 Å². The van der Waals surface area contributed by atoms with E-state index in [1.807, 2.05) is 68.4 Å². The number of ether oxygens (including phenoxy) is 2. The van der Waals surface area contributed by atoms with Gasteiger partial charge in [-0.05, 0) is 88.1 Å². The highest BCUT2D eigenvalue weighted by Crippen LogP contribution is 2.31. The fraction of sp³-hybridized carbons (Fsp3) is 0.400. The van der Waals surface area contributed by atoms with E-state index >= 15 is 0 Å². The maximum absolute atomic E-state index is 12.7. The molecule has 2 heterocycles. The van der Waals surface area contributed by atoms with Crippen molar-refractivity contribution in [2.24, 2.45) is 5.92 Å². The number of carbonyl (C=O) groups is 1. The van der Waals surface area contributed by atoms with E-state index in [2.05, 4.69) is 23.3 Å². The summed E-state index contributed by atoms with van der Waals surface area (Å²) in [6, 6.07) is 20.1. The Morgan fingerprint density at radius 3 is 2.56 bits per heavy atom. The van der Waals surface area contributed by atoms with E-state index in [4.69, 9.17) is 14.5 Å². The van der Waals surface area contributed by atoms with Crippen LogP contribution in [0.1, 0.15) is 36.6 Å². The number of likely N-dealkylation sites (tertiary alicyclic amines) is 1. The first-order valence-electron chi connectivity index (χ1n) is 12.9. The van der Waals surface area contributed by atoms with Crippen LogP contribution in [0.4, 0.5) is 0 Å². The van der Waals surface area contributed by atoms with Crippen molar-refractivity contribution in [3.8, 4) is 22.8 Å². The summed E-state index contributed by atoms with van der Waals surface area (Å²) in [5, 5.41) is 3.01. The van der Waals surface area contributed by atoms with E-state index in [9.17, 15) is 4.79 Å². The molecule has 190 valence electrons. The van der Waals surface area contributed by atoms with Gasteiger partial charge in [-0.25, -0.2) is 4.98 Å². The summed E-state index contributed by atoms with van der Waals surface area (Å²) in [6.07, 6.45) is 2.45. The standard InChI is InChI=1S/C30H37N3O3/c1-4-35-27-11-8-25(9-12-27)28-13-10-26(19-29(34)31-20-24-7-5-6-22(2)18-24)32-30(28)36-21-23-14-16-33(3)17-15-23/h5-13,18,23H,4,14-17,19-21H2,1-3H3,(H,31,34). The van der Waals surface area contributed by atoms with Crippen LogP contribution in [0.3, 0.4) is 0 Å². The Morgan fingerprint density at radius 2 is 1.83 bits per heavy atom. The first-order valence-corrected chi connectivity index (χ1v) is 12.9. The zero-order valence-electron chi connectivity index (χ0n) is 21.6. The van der Waals surface area contributed by atoms with Crippen LogP contribution >= 0.6 is 0 Å². The highest BCUT2D eigenvalue weighted by Gasteiger charge is 2.19. The molecule has 0 aliphatic carbocycles. The number of nitrogens with one attached hydrogen (secondary N) is 1. The van der Waals surface area contributed by atoms with Gasteiger partial charge >= 0.3 is 0 Å². The number of aromatic nitrogens is 1. The Bertz CT molecular complexity index is 1140. The average molecular weight is 488 g/mol. The number of benzene rings is 2. The molecule has 1 aliphatic rings. The SMILES string of the molecule is CCOc1ccc(-c2ccc(CC(=O)NCc3cccc(C)c3)nc2OCC2CCN(C)CC2)cc1. The summed E-state index contributed by atoms with van der Waals surface area (Å²) >= 11 is 0. The molecule has 0 bridgehead atoms. The minimum absolute atomic E-state index is 0.0564. The third-order valence-corrected chi connectivity index (χ3v) is 6.60. The summed E-state index contributed by atoms with van der Waals surface area (Å²) < 4.78 is 11.9. The summed E-state index contributed by atoms with van der Waals surface area (Å²) in [5.41, 5.74) is 4.91. The Hall–Kier alpha value is -3.38. The van der Waals surface area contributed by atoms with Crippen molar-refractivity contribution in [3.05, 3.63) is 77.5 Å². The van der Waals surface area contributed by atoms with E-state index in [0.717, 1.165) is 48.4 Å². The minimum Gasteiger partial charge on any atom is -0.494 e. The smallest absolute Gasteiger partial charge is 0.226 e. The summed E-state index contributed by atoms with van der Waals surface area (Å²) in [5.74, 6) is 1.88. The molecule has 1 aliphatic heterocycles. The van der Waals surface area contributed by atoms with Gasteiger partial charge in [0.25, 0.3) is 0 Å². The van der Waals surface area contributed by atoms with E-state index in [1.165, 1.54) is 5.56 Å². The number of amides is 1. The number of aryl methyl sites for hydroxylation is 1. The molecule has 36 heavy (non-hydrogen) atoms. The zero-order chi connectivity index (χ0) is 25.3. The van der Waals surface area contributed by atoms with E-state index < -0.39 is 0 Å². The quantitative estimate of drug-likeness (QED) is 0.434. The second kappa shape index (κ2) is 12.5. The van der Waals surface area contributed by atoms with Crippen molar-refractivity contribution in [1.82, 2.24) is 15.2 Å². The van der Waals surface area contributed by atoms with E-state index in [0.29, 0.717) is 37.3 Å². The van der Waals surface area contributed by atoms with Crippen molar-refractivity contribution in [2.45, 2.75) is 39.7 Å². The minimum atomic E-state index is -0.0564. The number of carbonyl (C=O) groups excluding carboxylic acids is 1. The molecule has 0 atom stereocenters. The van der Waals surface area contributed by atoms with Crippen LogP contribution in [0.2, 0.25) is 0 Å². The highest BCUT2D eigenvalue weighted by atomic mass is 16.5. The van der Waals surface area contributed by atoms with E-state index in [1.54, 1.807) is 0 Å². The van der Waals surface area contributed by atoms with Gasteiger partial charge in [0, 0.05) is 12.1 Å². The summed E-state index contributed by atoms with van der Waals surface area (Å²) in [6.45, 7) is 7.98. The molecule has 1 N–H and O–H groups in total. The van der Waals surface area contributed by atoms with Crippen molar-refractivity contribution in [2.75, 3.05) is 33.4 Å². The van der Waals surface area contributed by atoms with Gasteiger partial charge < -0.3 is 19.7 Å². The zero-order valence-corrected chi connectivity index (χ0v) is 21.6. The lowest BCUT2D eigenvalue weighted by Crippen LogP contribution is -2.32. The molecule has 0 saturated carbocycles. The fourth-order valence-corrected chi connectivity index (χ4v) is 4.48. The first-order chi connectivity index (χ1) is 17.5. The Balaban J connectivity index is 1.47. The number of nitrogens with zero attached hydrogens (tertiary/aromatic N) is 2. The molecular formula is C30H37N3O3. The molecule has 0 spiro atoms. The van der Waals surface area contributed by atoms with Gasteiger partial charge in [0.2, 0.25) is 11.8 Å². The Labute approximate surface area is 214 Å². The normalized spacial score (nSPS) is 14.4. The molecular weight excluding hydrogens is 450 g/mol. The molecule has 6 nitrogen and oxygen atoms in total. The molecule has 4 rings (SSSR count). The van der Waals surface area contributed by atoms with Crippen LogP contribution in [0, 0.1) is 12.8 Å². The van der Waals surface area contributed by atoms with Gasteiger partial charge in [-0.3, -0.25) is 4.79 Å². The molecule has 1 saturated heterocycles. The number of rotatable bonds is 10. The third-order valence-electron chi connectivity index (χ3n) is 6.60. The third kappa shape index (κ3) is 7.31. The maximum Gasteiger partial charge on any atom is 0.226 e. The van der Waals surface area contributed by atoms with Gasteiger partial charge in [-0.1, -0.05) is 42.0 Å². The van der Waals surface area contributed by atoms with Crippen molar-refractivity contribution < 1.29 is 14.3 Å². The van der Waals surface area contributed by atoms with E-state index in [-0.39, 0.29) is 12.3 Å². The second-order valence-electron chi connectivity index (χ2n) is 9.61. The first kappa shape index (κ1) is 25.7. The molecule has 0 radical (unpaired) electrons. The topological polar surface area (TPSA) is 63.7 Å². The lowest BCUT2D eigenvalue weighted by molar-refractivity contribution is -0.120. The van der Waals surface area contributed by atoms with Gasteiger partial charge in [-0.2, -0.15) is 0 Å². The monoisotopic (exact) mass is 487 g/mol. The molecule has 2 aromatic carbocycles. The van der Waals surface area contributed by atoms with Gasteiger partial charge in [0.15, 0.2) is 0 Å². The molecule has 1 aromatic heterocycles. The molecule has 1 fully saturated rings. The average Bonchev–Trinajstić information content (AvgIpc) is 2.88. The van der Waals surface area contributed by atoms with Crippen LogP contribution in [0.25, 0.3) is 11.1 Å². The number of hydrogen-bond acceptors (Lipinski definition) is 5. The predicted octanol–water partition coefficient (Wildman–Crippen LogP) is 5.04. The highest BCUT2D eigenvalue weighted by molar-refractivity contribution is 5.78. The summed E-state index contributed by atoms with van der Waals surface area (Å²) in [4.78, 5) is 19.8.